The van der Waals surface area contributed by atoms with E-state index in [0.29, 0.717) is 5.92 Å². The molecule has 2 rings (SSSR count). The minimum absolute atomic E-state index is 0.571. The van der Waals surface area contributed by atoms with Crippen LogP contribution < -0.4 is 4.90 Å². The highest BCUT2D eigenvalue weighted by Gasteiger charge is 2.20. The third kappa shape index (κ3) is 3.51. The average molecular weight is 280 g/mol. The Morgan fingerprint density at radius 2 is 1.63 bits per heavy atom. The first kappa shape index (κ1) is 14.4. The Morgan fingerprint density at radius 1 is 1.11 bits per heavy atom. The molecular weight excluding hydrogens is 256 g/mol. The summed E-state index contributed by atoms with van der Waals surface area (Å²) in [5.41, 5.74) is 2.63. The van der Waals surface area contributed by atoms with E-state index in [9.17, 15) is 4.21 Å². The molecule has 1 aliphatic rings. The van der Waals surface area contributed by atoms with E-state index in [2.05, 4.69) is 48.9 Å². The molecule has 0 radical (unpaired) electrons. The highest BCUT2D eigenvalue weighted by Crippen LogP contribution is 2.21. The van der Waals surface area contributed by atoms with Crippen LogP contribution in [0, 0.1) is 0 Å². The van der Waals surface area contributed by atoms with E-state index in [0.717, 1.165) is 26.2 Å². The Hall–Kier alpha value is -1.00. The van der Waals surface area contributed by atoms with Gasteiger partial charge in [0.1, 0.15) is 0 Å². The van der Waals surface area contributed by atoms with Gasteiger partial charge in [-0.25, -0.2) is 4.31 Å². The summed E-state index contributed by atoms with van der Waals surface area (Å²) in [5, 5.41) is 0. The number of rotatable bonds is 3. The first-order chi connectivity index (χ1) is 8.88. The van der Waals surface area contributed by atoms with Crippen LogP contribution in [0.5, 0.6) is 0 Å². The van der Waals surface area contributed by atoms with Gasteiger partial charge in [-0.3, -0.25) is 4.21 Å². The van der Waals surface area contributed by atoms with Crippen LogP contribution in [0.2, 0.25) is 0 Å². The zero-order valence-corrected chi connectivity index (χ0v) is 12.9. The minimum Gasteiger partial charge on any atom is -0.369 e. The van der Waals surface area contributed by atoms with E-state index in [4.69, 9.17) is 0 Å². The molecule has 0 aromatic heterocycles. The molecule has 3 nitrogen and oxygen atoms in total. The van der Waals surface area contributed by atoms with Gasteiger partial charge in [-0.05, 0) is 29.5 Å². The summed E-state index contributed by atoms with van der Waals surface area (Å²) >= 11 is 0. The van der Waals surface area contributed by atoms with Crippen molar-refractivity contribution in [2.24, 2.45) is 0 Å². The third-order valence-electron chi connectivity index (χ3n) is 3.71. The average Bonchev–Trinajstić information content (AvgIpc) is 2.38. The van der Waals surface area contributed by atoms with E-state index in [1.54, 1.807) is 6.26 Å². The van der Waals surface area contributed by atoms with Crippen LogP contribution in [0.3, 0.4) is 0 Å². The van der Waals surface area contributed by atoms with Crippen LogP contribution in [0.25, 0.3) is 0 Å². The molecule has 1 aliphatic heterocycles. The monoisotopic (exact) mass is 280 g/mol. The normalized spacial score (nSPS) is 20.5. The molecule has 1 atom stereocenters. The highest BCUT2D eigenvalue weighted by atomic mass is 32.2. The smallest absolute Gasteiger partial charge is 0.0367 e. The lowest BCUT2D eigenvalue weighted by atomic mass is 10.0. The van der Waals surface area contributed by atoms with Crippen molar-refractivity contribution in [1.29, 1.82) is 0 Å². The molecule has 0 N–H and O–H groups in total. The van der Waals surface area contributed by atoms with E-state index < -0.39 is 9.71 Å². The van der Waals surface area contributed by atoms with Gasteiger partial charge in [0, 0.05) is 47.8 Å². The quantitative estimate of drug-likeness (QED) is 0.793. The number of piperazine rings is 1. The van der Waals surface area contributed by atoms with Gasteiger partial charge in [0.05, 0.1) is 0 Å². The summed E-state index contributed by atoms with van der Waals surface area (Å²) in [6.07, 6.45) is 1.72. The largest absolute Gasteiger partial charge is 0.369 e. The summed E-state index contributed by atoms with van der Waals surface area (Å²) in [5.74, 6) is 4.33. The lowest BCUT2D eigenvalue weighted by molar-refractivity contribution is 0.410. The highest BCUT2D eigenvalue weighted by molar-refractivity contribution is 7.97. The first-order valence-electron chi connectivity index (χ1n) is 6.80. The molecule has 0 spiro atoms. The lowest BCUT2D eigenvalue weighted by Crippen LogP contribution is -2.48. The van der Waals surface area contributed by atoms with Crippen LogP contribution >= 0.6 is 0 Å². The molecule has 4 heteroatoms. The lowest BCUT2D eigenvalue weighted by Gasteiger charge is -2.36. The second-order valence-corrected chi connectivity index (χ2v) is 8.06. The number of anilines is 1. The molecule has 0 amide bonds. The number of benzene rings is 1. The SMILES string of the molecule is C=S(C)(=O)N1CCN(c2ccc(C(C)C)cc2)CC1. The molecule has 0 saturated carbocycles. The van der Waals surface area contributed by atoms with E-state index >= 15 is 0 Å². The van der Waals surface area contributed by atoms with Gasteiger partial charge in [0.15, 0.2) is 0 Å². The van der Waals surface area contributed by atoms with Crippen LogP contribution in [-0.2, 0) is 9.71 Å². The van der Waals surface area contributed by atoms with Crippen molar-refractivity contribution in [2.75, 3.05) is 37.3 Å². The molecule has 19 heavy (non-hydrogen) atoms. The molecular formula is C15H24N2OS. The van der Waals surface area contributed by atoms with Gasteiger partial charge in [-0.15, -0.1) is 0 Å². The van der Waals surface area contributed by atoms with Crippen molar-refractivity contribution < 1.29 is 4.21 Å². The van der Waals surface area contributed by atoms with Crippen LogP contribution in [0.4, 0.5) is 5.69 Å². The summed E-state index contributed by atoms with van der Waals surface area (Å²) in [6.45, 7) is 7.90. The predicted molar refractivity (Wildman–Crippen MR) is 85.5 cm³/mol. The molecule has 1 aromatic rings. The Kier molecular flexibility index (Phi) is 4.21. The van der Waals surface area contributed by atoms with Gasteiger partial charge < -0.3 is 4.90 Å². The van der Waals surface area contributed by atoms with Crippen molar-refractivity contribution in [1.82, 2.24) is 4.31 Å². The molecule has 1 aromatic carbocycles. The van der Waals surface area contributed by atoms with Gasteiger partial charge in [0.2, 0.25) is 0 Å². The topological polar surface area (TPSA) is 23.6 Å². The second kappa shape index (κ2) is 5.55. The van der Waals surface area contributed by atoms with Gasteiger partial charge in [-0.2, -0.15) is 0 Å². The first-order valence-corrected chi connectivity index (χ1v) is 8.89. The number of hydrogen-bond donors (Lipinski definition) is 0. The van der Waals surface area contributed by atoms with Crippen molar-refractivity contribution >= 4 is 21.3 Å². The molecule has 106 valence electrons. The van der Waals surface area contributed by atoms with Gasteiger partial charge >= 0.3 is 0 Å². The van der Waals surface area contributed by atoms with Gasteiger partial charge in [0.25, 0.3) is 0 Å². The Balaban J connectivity index is 2.02. The standard InChI is InChI=1S/C15H24N2OS/c1-13(2)14-5-7-15(8-6-14)16-9-11-17(12-10-16)19(3,4)18/h5-8,13H,3,9-12H2,1-2,4H3. The molecule has 1 fully saturated rings. The summed E-state index contributed by atoms with van der Waals surface area (Å²) in [6, 6.07) is 8.80. The maximum absolute atomic E-state index is 11.9. The third-order valence-corrected chi connectivity index (χ3v) is 5.17. The van der Waals surface area contributed by atoms with Crippen LogP contribution in [0.15, 0.2) is 24.3 Å². The summed E-state index contributed by atoms with van der Waals surface area (Å²) in [7, 11) is -2.04. The zero-order valence-electron chi connectivity index (χ0n) is 12.1. The van der Waals surface area contributed by atoms with Crippen molar-refractivity contribution in [3.05, 3.63) is 29.8 Å². The fraction of sp³-hybridized carbons (Fsp3) is 0.533. The van der Waals surface area contributed by atoms with E-state index in [1.807, 2.05) is 4.31 Å². The number of nitrogens with zero attached hydrogens (tertiary/aromatic N) is 2. The van der Waals surface area contributed by atoms with E-state index in [1.165, 1.54) is 11.3 Å². The summed E-state index contributed by atoms with van der Waals surface area (Å²) < 4.78 is 13.9. The van der Waals surface area contributed by atoms with Gasteiger partial charge in [-0.1, -0.05) is 26.0 Å². The van der Waals surface area contributed by atoms with Crippen LogP contribution in [-0.4, -0.2) is 46.8 Å². The molecule has 1 heterocycles. The molecule has 1 saturated heterocycles. The molecule has 0 aliphatic carbocycles. The van der Waals surface area contributed by atoms with Crippen molar-refractivity contribution in [2.45, 2.75) is 19.8 Å². The van der Waals surface area contributed by atoms with Crippen molar-refractivity contribution in [3.8, 4) is 0 Å². The minimum atomic E-state index is -2.04. The Morgan fingerprint density at radius 3 is 2.05 bits per heavy atom. The summed E-state index contributed by atoms with van der Waals surface area (Å²) in [4.78, 5) is 2.35. The van der Waals surface area contributed by atoms with Crippen LogP contribution in [0.1, 0.15) is 25.3 Å². The predicted octanol–water partition coefficient (Wildman–Crippen LogP) is 2.19. The van der Waals surface area contributed by atoms with E-state index in [-0.39, 0.29) is 0 Å². The second-order valence-electron chi connectivity index (χ2n) is 5.62. The van der Waals surface area contributed by atoms with Crippen molar-refractivity contribution in [3.63, 3.8) is 0 Å². The maximum Gasteiger partial charge on any atom is 0.0367 e. The Labute approximate surface area is 117 Å². The Bertz CT molecular complexity index is 512. The fourth-order valence-electron chi connectivity index (χ4n) is 2.40. The zero-order chi connectivity index (χ0) is 14.0. The number of hydrogen-bond acceptors (Lipinski definition) is 2. The molecule has 1 unspecified atom stereocenters. The maximum atomic E-state index is 11.9. The fourth-order valence-corrected chi connectivity index (χ4v) is 3.34. The molecule has 0 bridgehead atoms.